The van der Waals surface area contributed by atoms with Crippen molar-refractivity contribution in [3.05, 3.63) is 106 Å². The van der Waals surface area contributed by atoms with E-state index in [2.05, 4.69) is 54.0 Å². The van der Waals surface area contributed by atoms with E-state index in [1.165, 1.54) is 29.5 Å². The average molecular weight is 485 g/mol. The molecule has 4 rings (SSSR count). The Balaban J connectivity index is 1.38. The molecule has 0 saturated heterocycles. The minimum absolute atomic E-state index is 0.0985. The first-order valence-electron chi connectivity index (χ1n) is 12.3. The van der Waals surface area contributed by atoms with Gasteiger partial charge in [-0.15, -0.1) is 0 Å². The van der Waals surface area contributed by atoms with Gasteiger partial charge in [-0.25, -0.2) is 0 Å². The van der Waals surface area contributed by atoms with Crippen LogP contribution in [0.4, 0.5) is 0 Å². The predicted molar refractivity (Wildman–Crippen MR) is 141 cm³/mol. The highest BCUT2D eigenvalue weighted by Crippen LogP contribution is 2.39. The summed E-state index contributed by atoms with van der Waals surface area (Å²) in [7, 11) is 0. The fraction of sp³-hybridized carbons (Fsp3) is 0.267. The molecule has 3 aromatic rings. The maximum Gasteiger partial charge on any atom is 0.267 e. The standard InChI is InChI=1S/C30H32N2O4/c1-21-2-4-22(5-3-21)16-19-36-27-14-12-26(13-15-27)29(34)32-28(30(35)31-17-18-33)20-23-6-8-24(9-7-23)25-10-11-25/h2-9,12-15,20,25,33H,10-11,16-19H2,1H3,(H,31,35)(H,32,34)/b28-20-. The Morgan fingerprint density at radius 2 is 1.67 bits per heavy atom. The first-order chi connectivity index (χ1) is 17.5. The maximum atomic E-state index is 12.9. The molecule has 3 N–H and O–H groups in total. The Hall–Kier alpha value is -3.90. The van der Waals surface area contributed by atoms with Gasteiger partial charge in [0.05, 0.1) is 13.2 Å². The zero-order chi connectivity index (χ0) is 25.3. The number of hydrogen-bond acceptors (Lipinski definition) is 4. The Morgan fingerprint density at radius 1 is 0.972 bits per heavy atom. The minimum atomic E-state index is -0.459. The van der Waals surface area contributed by atoms with E-state index < -0.39 is 11.8 Å². The fourth-order valence-corrected chi connectivity index (χ4v) is 3.81. The number of carbonyl (C=O) groups is 2. The van der Waals surface area contributed by atoms with Gasteiger partial charge in [-0.3, -0.25) is 9.59 Å². The summed E-state index contributed by atoms with van der Waals surface area (Å²) in [5.41, 5.74) is 5.06. The largest absolute Gasteiger partial charge is 0.493 e. The molecule has 0 aromatic heterocycles. The molecule has 0 heterocycles. The molecule has 0 aliphatic heterocycles. The van der Waals surface area contributed by atoms with E-state index in [0.717, 1.165) is 12.0 Å². The van der Waals surface area contributed by atoms with Crippen molar-refractivity contribution < 1.29 is 19.4 Å². The molecular formula is C30H32N2O4. The lowest BCUT2D eigenvalue weighted by Gasteiger charge is -2.12. The third kappa shape index (κ3) is 7.30. The van der Waals surface area contributed by atoms with Crippen molar-refractivity contribution in [2.75, 3.05) is 19.8 Å². The normalized spacial score (nSPS) is 13.2. The monoisotopic (exact) mass is 484 g/mol. The molecule has 1 aliphatic rings. The number of rotatable bonds is 11. The topological polar surface area (TPSA) is 87.7 Å². The lowest BCUT2D eigenvalue weighted by Crippen LogP contribution is -2.36. The first-order valence-corrected chi connectivity index (χ1v) is 12.3. The summed E-state index contributed by atoms with van der Waals surface area (Å²) in [5, 5.41) is 14.4. The van der Waals surface area contributed by atoms with E-state index in [0.29, 0.717) is 23.8 Å². The van der Waals surface area contributed by atoms with Crippen LogP contribution in [0.1, 0.15) is 51.4 Å². The van der Waals surface area contributed by atoms with Gasteiger partial charge < -0.3 is 20.5 Å². The Bertz CT molecular complexity index is 1200. The van der Waals surface area contributed by atoms with E-state index in [1.807, 2.05) is 12.1 Å². The second-order valence-corrected chi connectivity index (χ2v) is 9.04. The van der Waals surface area contributed by atoms with E-state index >= 15 is 0 Å². The molecule has 0 radical (unpaired) electrons. The van der Waals surface area contributed by atoms with E-state index in [-0.39, 0.29) is 18.8 Å². The van der Waals surface area contributed by atoms with Gasteiger partial charge in [-0.2, -0.15) is 0 Å². The van der Waals surface area contributed by atoms with Crippen LogP contribution < -0.4 is 15.4 Å². The molecule has 6 heteroatoms. The van der Waals surface area contributed by atoms with Crippen LogP contribution in [0.2, 0.25) is 0 Å². The van der Waals surface area contributed by atoms with Crippen molar-refractivity contribution in [2.24, 2.45) is 0 Å². The summed E-state index contributed by atoms with van der Waals surface area (Å²) >= 11 is 0. The quantitative estimate of drug-likeness (QED) is 0.353. The summed E-state index contributed by atoms with van der Waals surface area (Å²) in [6.07, 6.45) is 4.87. The molecule has 1 saturated carbocycles. The smallest absolute Gasteiger partial charge is 0.267 e. The molecule has 3 aromatic carbocycles. The molecule has 186 valence electrons. The molecule has 1 aliphatic carbocycles. The molecule has 2 amide bonds. The summed E-state index contributed by atoms with van der Waals surface area (Å²) in [4.78, 5) is 25.5. The number of hydrogen-bond donors (Lipinski definition) is 3. The maximum absolute atomic E-state index is 12.9. The number of ether oxygens (including phenoxy) is 1. The number of nitrogens with one attached hydrogen (secondary N) is 2. The minimum Gasteiger partial charge on any atom is -0.493 e. The molecule has 0 atom stereocenters. The number of benzene rings is 3. The number of amides is 2. The third-order valence-electron chi connectivity index (χ3n) is 6.08. The second kappa shape index (κ2) is 12.2. The molecule has 0 unspecified atom stereocenters. The second-order valence-electron chi connectivity index (χ2n) is 9.04. The third-order valence-corrected chi connectivity index (χ3v) is 6.08. The molecule has 1 fully saturated rings. The van der Waals surface area contributed by atoms with Crippen LogP contribution in [0.25, 0.3) is 6.08 Å². The van der Waals surface area contributed by atoms with Gasteiger partial charge >= 0.3 is 0 Å². The highest BCUT2D eigenvalue weighted by Gasteiger charge is 2.23. The average Bonchev–Trinajstić information content (AvgIpc) is 3.74. The summed E-state index contributed by atoms with van der Waals surface area (Å²) in [6.45, 7) is 2.51. The summed E-state index contributed by atoms with van der Waals surface area (Å²) in [6, 6.07) is 23.2. The van der Waals surface area contributed by atoms with Crippen LogP contribution in [0.5, 0.6) is 5.75 Å². The zero-order valence-corrected chi connectivity index (χ0v) is 20.5. The number of aryl methyl sites for hydroxylation is 1. The molecule has 0 spiro atoms. The van der Waals surface area contributed by atoms with Gasteiger partial charge in [0.1, 0.15) is 11.4 Å². The summed E-state index contributed by atoms with van der Waals surface area (Å²) in [5.74, 6) is 0.455. The highest BCUT2D eigenvalue weighted by atomic mass is 16.5. The van der Waals surface area contributed by atoms with E-state index in [1.54, 1.807) is 30.3 Å². The Kier molecular flexibility index (Phi) is 8.53. The van der Waals surface area contributed by atoms with Crippen LogP contribution in [0.15, 0.2) is 78.5 Å². The van der Waals surface area contributed by atoms with Crippen molar-refractivity contribution in [1.82, 2.24) is 10.6 Å². The molecule has 6 nitrogen and oxygen atoms in total. The molecule has 0 bridgehead atoms. The highest BCUT2D eigenvalue weighted by molar-refractivity contribution is 6.05. The van der Waals surface area contributed by atoms with E-state index in [9.17, 15) is 9.59 Å². The van der Waals surface area contributed by atoms with Gasteiger partial charge in [0.15, 0.2) is 0 Å². The SMILES string of the molecule is Cc1ccc(CCOc2ccc(C(=O)N/C(=C\c3ccc(C4CC4)cc3)C(=O)NCCO)cc2)cc1. The van der Waals surface area contributed by atoms with Gasteiger partial charge in [0, 0.05) is 18.5 Å². The van der Waals surface area contributed by atoms with Gasteiger partial charge in [-0.05, 0) is 72.7 Å². The molecular weight excluding hydrogens is 452 g/mol. The van der Waals surface area contributed by atoms with Crippen LogP contribution in [0.3, 0.4) is 0 Å². The van der Waals surface area contributed by atoms with Crippen LogP contribution in [-0.2, 0) is 11.2 Å². The van der Waals surface area contributed by atoms with Crippen molar-refractivity contribution in [2.45, 2.75) is 32.1 Å². The van der Waals surface area contributed by atoms with Crippen molar-refractivity contribution in [1.29, 1.82) is 0 Å². The van der Waals surface area contributed by atoms with E-state index in [4.69, 9.17) is 9.84 Å². The van der Waals surface area contributed by atoms with Crippen molar-refractivity contribution >= 4 is 17.9 Å². The van der Waals surface area contributed by atoms with Crippen LogP contribution in [0, 0.1) is 6.92 Å². The zero-order valence-electron chi connectivity index (χ0n) is 20.5. The van der Waals surface area contributed by atoms with Crippen LogP contribution >= 0.6 is 0 Å². The predicted octanol–water partition coefficient (Wildman–Crippen LogP) is 4.37. The van der Waals surface area contributed by atoms with Crippen LogP contribution in [-0.4, -0.2) is 36.7 Å². The van der Waals surface area contributed by atoms with Crippen molar-refractivity contribution in [3.8, 4) is 5.75 Å². The Labute approximate surface area is 212 Å². The lowest BCUT2D eigenvalue weighted by atomic mass is 10.1. The number of carbonyl (C=O) groups excluding carboxylic acids is 2. The van der Waals surface area contributed by atoms with Gasteiger partial charge in [-0.1, -0.05) is 54.1 Å². The van der Waals surface area contributed by atoms with Gasteiger partial charge in [0.25, 0.3) is 11.8 Å². The number of aliphatic hydroxyl groups is 1. The first kappa shape index (κ1) is 25.2. The Morgan fingerprint density at radius 3 is 2.31 bits per heavy atom. The van der Waals surface area contributed by atoms with Crippen molar-refractivity contribution in [3.63, 3.8) is 0 Å². The summed E-state index contributed by atoms with van der Waals surface area (Å²) < 4.78 is 5.82. The molecule has 36 heavy (non-hydrogen) atoms. The van der Waals surface area contributed by atoms with Gasteiger partial charge in [0.2, 0.25) is 0 Å². The lowest BCUT2D eigenvalue weighted by molar-refractivity contribution is -0.117. The number of aliphatic hydroxyl groups excluding tert-OH is 1. The fourth-order valence-electron chi connectivity index (χ4n) is 3.81.